The standard InChI is InChI=1S/C14H12ClF2NO2S2/c15-10-1-4-12(5-2-10)21-8-7-18-22(19,20)14-9-11(16)3-6-13(14)17/h1-6,9,18H,7-8H2. The Morgan fingerprint density at radius 3 is 2.45 bits per heavy atom. The number of sulfonamides is 1. The predicted molar refractivity (Wildman–Crippen MR) is 83.7 cm³/mol. The van der Waals surface area contributed by atoms with E-state index in [9.17, 15) is 17.2 Å². The van der Waals surface area contributed by atoms with Crippen LogP contribution in [0.25, 0.3) is 0 Å². The maximum absolute atomic E-state index is 13.5. The van der Waals surface area contributed by atoms with Crippen molar-refractivity contribution < 1.29 is 17.2 Å². The van der Waals surface area contributed by atoms with Crippen LogP contribution in [0.15, 0.2) is 52.3 Å². The van der Waals surface area contributed by atoms with Gasteiger partial charge in [0.2, 0.25) is 10.0 Å². The first-order chi connectivity index (χ1) is 10.4. The predicted octanol–water partition coefficient (Wildman–Crippen LogP) is 3.69. The van der Waals surface area contributed by atoms with Gasteiger partial charge in [-0.1, -0.05) is 11.6 Å². The van der Waals surface area contributed by atoms with Crippen LogP contribution in [0, 0.1) is 11.6 Å². The van der Waals surface area contributed by atoms with E-state index in [4.69, 9.17) is 11.6 Å². The van der Waals surface area contributed by atoms with E-state index in [1.54, 1.807) is 12.1 Å². The Balaban J connectivity index is 1.93. The number of thioether (sulfide) groups is 1. The summed E-state index contributed by atoms with van der Waals surface area (Å²) in [5.74, 6) is -1.35. The molecule has 118 valence electrons. The van der Waals surface area contributed by atoms with Gasteiger partial charge in [0, 0.05) is 22.2 Å². The molecular formula is C14H12ClF2NO2S2. The Morgan fingerprint density at radius 1 is 1.09 bits per heavy atom. The SMILES string of the molecule is O=S(=O)(NCCSc1ccc(Cl)cc1)c1cc(F)ccc1F. The van der Waals surface area contributed by atoms with E-state index in [1.807, 2.05) is 12.1 Å². The zero-order valence-corrected chi connectivity index (χ0v) is 13.6. The van der Waals surface area contributed by atoms with E-state index < -0.39 is 26.6 Å². The lowest BCUT2D eigenvalue weighted by Gasteiger charge is -2.08. The van der Waals surface area contributed by atoms with Gasteiger partial charge in [-0.15, -0.1) is 11.8 Å². The molecule has 0 unspecified atom stereocenters. The molecule has 0 aliphatic carbocycles. The van der Waals surface area contributed by atoms with Crippen LogP contribution in [-0.4, -0.2) is 20.7 Å². The number of nitrogens with one attached hydrogen (secondary N) is 1. The topological polar surface area (TPSA) is 46.2 Å². The molecule has 0 radical (unpaired) electrons. The summed E-state index contributed by atoms with van der Waals surface area (Å²) in [6.07, 6.45) is 0. The summed E-state index contributed by atoms with van der Waals surface area (Å²) >= 11 is 7.18. The van der Waals surface area contributed by atoms with Crippen molar-refractivity contribution in [3.63, 3.8) is 0 Å². The van der Waals surface area contributed by atoms with Crippen molar-refractivity contribution in [1.29, 1.82) is 0 Å². The average molecular weight is 364 g/mol. The first kappa shape index (κ1) is 17.2. The van der Waals surface area contributed by atoms with Crippen molar-refractivity contribution >= 4 is 33.4 Å². The van der Waals surface area contributed by atoms with Gasteiger partial charge in [0.15, 0.2) is 0 Å². The fourth-order valence-corrected chi connectivity index (χ4v) is 3.78. The molecule has 0 saturated carbocycles. The minimum Gasteiger partial charge on any atom is -0.210 e. The Morgan fingerprint density at radius 2 is 1.77 bits per heavy atom. The molecule has 8 heteroatoms. The number of benzene rings is 2. The second-order valence-electron chi connectivity index (χ2n) is 4.27. The van der Waals surface area contributed by atoms with Gasteiger partial charge in [0.1, 0.15) is 16.5 Å². The smallest absolute Gasteiger partial charge is 0.210 e. The van der Waals surface area contributed by atoms with Gasteiger partial charge in [0.25, 0.3) is 0 Å². The molecule has 0 bridgehead atoms. The molecule has 0 aromatic heterocycles. The zero-order chi connectivity index (χ0) is 16.2. The van der Waals surface area contributed by atoms with Crippen molar-refractivity contribution in [2.75, 3.05) is 12.3 Å². The first-order valence-electron chi connectivity index (χ1n) is 6.21. The summed E-state index contributed by atoms with van der Waals surface area (Å²) < 4.78 is 52.6. The van der Waals surface area contributed by atoms with E-state index >= 15 is 0 Å². The average Bonchev–Trinajstić information content (AvgIpc) is 2.48. The molecule has 0 amide bonds. The minimum atomic E-state index is -4.07. The molecule has 1 N–H and O–H groups in total. The van der Waals surface area contributed by atoms with Crippen molar-refractivity contribution in [3.05, 3.63) is 59.1 Å². The summed E-state index contributed by atoms with van der Waals surface area (Å²) in [6.45, 7) is 0.0889. The lowest BCUT2D eigenvalue weighted by atomic mass is 10.3. The second kappa shape index (κ2) is 7.41. The molecule has 0 aliphatic heterocycles. The highest BCUT2D eigenvalue weighted by molar-refractivity contribution is 7.99. The molecule has 2 aromatic carbocycles. The van der Waals surface area contributed by atoms with Gasteiger partial charge in [-0.2, -0.15) is 0 Å². The van der Waals surface area contributed by atoms with Crippen LogP contribution in [0.1, 0.15) is 0 Å². The molecule has 2 aromatic rings. The summed E-state index contributed by atoms with van der Waals surface area (Å²) in [4.78, 5) is 0.240. The molecule has 0 heterocycles. The van der Waals surface area contributed by atoms with E-state index in [-0.39, 0.29) is 6.54 Å². The Labute approximate surface area is 136 Å². The van der Waals surface area contributed by atoms with Crippen molar-refractivity contribution in [1.82, 2.24) is 4.72 Å². The van der Waals surface area contributed by atoms with Crippen molar-refractivity contribution in [3.8, 4) is 0 Å². The molecule has 2 rings (SSSR count). The van der Waals surface area contributed by atoms with Crippen LogP contribution in [0.5, 0.6) is 0 Å². The highest BCUT2D eigenvalue weighted by Gasteiger charge is 2.19. The van der Waals surface area contributed by atoms with E-state index in [1.165, 1.54) is 11.8 Å². The van der Waals surface area contributed by atoms with Gasteiger partial charge in [0.05, 0.1) is 0 Å². The fourth-order valence-electron chi connectivity index (χ4n) is 1.64. The fraction of sp³-hybridized carbons (Fsp3) is 0.143. The Hall–Kier alpha value is -1.15. The third kappa shape index (κ3) is 4.67. The zero-order valence-electron chi connectivity index (χ0n) is 11.2. The Kier molecular flexibility index (Phi) is 5.80. The van der Waals surface area contributed by atoms with Crippen LogP contribution >= 0.6 is 23.4 Å². The minimum absolute atomic E-state index is 0.0889. The summed E-state index contributed by atoms with van der Waals surface area (Å²) in [7, 11) is -4.07. The van der Waals surface area contributed by atoms with Crippen LogP contribution in [0.2, 0.25) is 5.02 Å². The van der Waals surface area contributed by atoms with Crippen molar-refractivity contribution in [2.24, 2.45) is 0 Å². The Bertz CT molecular complexity index is 752. The molecule has 0 fully saturated rings. The third-order valence-corrected chi connectivity index (χ3v) is 5.40. The van der Waals surface area contributed by atoms with Gasteiger partial charge in [-0.05, 0) is 42.5 Å². The third-order valence-electron chi connectivity index (χ3n) is 2.66. The summed E-state index contributed by atoms with van der Waals surface area (Å²) in [6, 6.07) is 9.40. The number of halogens is 3. The van der Waals surface area contributed by atoms with Crippen LogP contribution in [0.3, 0.4) is 0 Å². The van der Waals surface area contributed by atoms with E-state index in [0.717, 1.165) is 17.0 Å². The molecule has 22 heavy (non-hydrogen) atoms. The maximum atomic E-state index is 13.5. The van der Waals surface area contributed by atoms with Gasteiger partial charge >= 0.3 is 0 Å². The largest absolute Gasteiger partial charge is 0.243 e. The molecule has 0 aliphatic rings. The second-order valence-corrected chi connectivity index (χ2v) is 7.62. The quantitative estimate of drug-likeness (QED) is 0.629. The van der Waals surface area contributed by atoms with Crippen LogP contribution < -0.4 is 4.72 Å². The first-order valence-corrected chi connectivity index (χ1v) is 9.06. The maximum Gasteiger partial charge on any atom is 0.243 e. The highest BCUT2D eigenvalue weighted by atomic mass is 35.5. The van der Waals surface area contributed by atoms with Gasteiger partial charge in [-0.3, -0.25) is 0 Å². The van der Waals surface area contributed by atoms with Gasteiger partial charge < -0.3 is 0 Å². The van der Waals surface area contributed by atoms with E-state index in [0.29, 0.717) is 16.8 Å². The monoisotopic (exact) mass is 363 g/mol. The molecule has 0 atom stereocenters. The number of hydrogen-bond donors (Lipinski definition) is 1. The van der Waals surface area contributed by atoms with Crippen LogP contribution in [-0.2, 0) is 10.0 Å². The normalized spacial score (nSPS) is 11.6. The molecule has 3 nitrogen and oxygen atoms in total. The molecule has 0 spiro atoms. The highest BCUT2D eigenvalue weighted by Crippen LogP contribution is 2.20. The lowest BCUT2D eigenvalue weighted by Crippen LogP contribution is -2.27. The van der Waals surface area contributed by atoms with Crippen molar-refractivity contribution in [2.45, 2.75) is 9.79 Å². The summed E-state index contributed by atoms with van der Waals surface area (Å²) in [5, 5.41) is 0.617. The van der Waals surface area contributed by atoms with Gasteiger partial charge in [-0.25, -0.2) is 21.9 Å². The lowest BCUT2D eigenvalue weighted by molar-refractivity contribution is 0.547. The van der Waals surface area contributed by atoms with E-state index in [2.05, 4.69) is 4.72 Å². The van der Waals surface area contributed by atoms with Crippen LogP contribution in [0.4, 0.5) is 8.78 Å². The number of hydrogen-bond acceptors (Lipinski definition) is 3. The molecular weight excluding hydrogens is 352 g/mol. The summed E-state index contributed by atoms with van der Waals surface area (Å²) in [5.41, 5.74) is 0. The number of rotatable bonds is 6. The molecule has 0 saturated heterocycles.